The third-order valence-corrected chi connectivity index (χ3v) is 7.48. The first-order valence-corrected chi connectivity index (χ1v) is 12.5. The number of anilines is 2. The summed E-state index contributed by atoms with van der Waals surface area (Å²) in [7, 11) is 0.172. The minimum absolute atomic E-state index is 0.0778. The summed E-state index contributed by atoms with van der Waals surface area (Å²) in [6, 6.07) is 9.97. The van der Waals surface area contributed by atoms with Crippen LogP contribution in [0.2, 0.25) is 0 Å². The van der Waals surface area contributed by atoms with Crippen LogP contribution in [0, 0.1) is 0 Å². The van der Waals surface area contributed by atoms with Gasteiger partial charge in [-0.05, 0) is 61.4 Å². The van der Waals surface area contributed by atoms with E-state index in [0.29, 0.717) is 11.4 Å². The zero-order valence-electron chi connectivity index (χ0n) is 19.6. The van der Waals surface area contributed by atoms with Gasteiger partial charge in [-0.2, -0.15) is 0 Å². The van der Waals surface area contributed by atoms with Gasteiger partial charge in [0.1, 0.15) is 0 Å². The fourth-order valence-electron chi connectivity index (χ4n) is 4.03. The van der Waals surface area contributed by atoms with Crippen molar-refractivity contribution in [2.75, 3.05) is 24.7 Å². The predicted molar refractivity (Wildman–Crippen MR) is 134 cm³/mol. The first-order chi connectivity index (χ1) is 15.7. The van der Waals surface area contributed by atoms with Crippen LogP contribution in [0.3, 0.4) is 0 Å². The van der Waals surface area contributed by atoms with E-state index in [2.05, 4.69) is 27.4 Å². The Hall–Kier alpha value is -3.10. The molecular formula is C25H32N4O3S. The Morgan fingerprint density at radius 2 is 1.88 bits per heavy atom. The second-order valence-corrected chi connectivity index (χ2v) is 10.3. The van der Waals surface area contributed by atoms with Gasteiger partial charge in [0.2, 0.25) is 0 Å². The number of hydrogen-bond acceptors (Lipinski definition) is 5. The van der Waals surface area contributed by atoms with E-state index >= 15 is 0 Å². The summed E-state index contributed by atoms with van der Waals surface area (Å²) in [6.45, 7) is 9.21. The number of carbonyl (C=O) groups excluding carboxylic acids is 1. The number of sulfone groups is 1. The van der Waals surface area contributed by atoms with Crippen LogP contribution in [-0.2, 0) is 28.7 Å². The lowest BCUT2D eigenvalue weighted by molar-refractivity contribution is 0.250. The molecule has 1 heterocycles. The Bertz CT molecular complexity index is 1190. The number of hydrogen-bond donors (Lipinski definition) is 3. The summed E-state index contributed by atoms with van der Waals surface area (Å²) in [5.41, 5.74) is 5.10. The Labute approximate surface area is 196 Å². The molecular weight excluding hydrogens is 436 g/mol. The van der Waals surface area contributed by atoms with Gasteiger partial charge in [0.25, 0.3) is 0 Å². The van der Waals surface area contributed by atoms with Gasteiger partial charge >= 0.3 is 6.03 Å². The highest BCUT2D eigenvalue weighted by atomic mass is 32.2. The van der Waals surface area contributed by atoms with E-state index in [4.69, 9.17) is 0 Å². The Morgan fingerprint density at radius 1 is 1.15 bits per heavy atom. The second-order valence-electron chi connectivity index (χ2n) is 8.30. The Kier molecular flexibility index (Phi) is 7.61. The van der Waals surface area contributed by atoms with Crippen LogP contribution in [0.15, 0.2) is 65.6 Å². The van der Waals surface area contributed by atoms with Crippen molar-refractivity contribution in [3.63, 3.8) is 0 Å². The summed E-state index contributed by atoms with van der Waals surface area (Å²) in [6.07, 6.45) is 3.58. The van der Waals surface area contributed by atoms with Gasteiger partial charge in [-0.3, -0.25) is 4.90 Å². The first kappa shape index (κ1) is 24.5. The summed E-state index contributed by atoms with van der Waals surface area (Å²) >= 11 is 0. The number of carbonyl (C=O) groups is 1. The molecule has 0 saturated carbocycles. The fraction of sp³-hybridized carbons (Fsp3) is 0.320. The highest BCUT2D eigenvalue weighted by molar-refractivity contribution is 7.90. The maximum atomic E-state index is 13.1. The van der Waals surface area contributed by atoms with E-state index in [1.54, 1.807) is 25.3 Å². The minimum Gasteiger partial charge on any atom is -0.386 e. The average Bonchev–Trinajstić information content (AvgIpc) is 3.13. The van der Waals surface area contributed by atoms with Gasteiger partial charge < -0.3 is 16.0 Å². The van der Waals surface area contributed by atoms with Crippen molar-refractivity contribution in [2.24, 2.45) is 0 Å². The minimum atomic E-state index is -3.56. The third-order valence-electron chi connectivity index (χ3n) is 5.79. The highest BCUT2D eigenvalue weighted by Crippen LogP contribution is 2.28. The monoisotopic (exact) mass is 468 g/mol. The normalized spacial score (nSPS) is 15.0. The van der Waals surface area contributed by atoms with Crippen molar-refractivity contribution in [1.29, 1.82) is 0 Å². The number of amides is 2. The highest BCUT2D eigenvalue weighted by Gasteiger charge is 2.21. The largest absolute Gasteiger partial charge is 0.386 e. The van der Waals surface area contributed by atoms with Crippen LogP contribution in [0.4, 0.5) is 16.2 Å². The SMILES string of the molecule is C=C/C(=C\C)C(C)NC(=O)Nc1ccc(S(=O)(=O)Cc2ccc3c(c2)CN(C)C3)cc1NC. The summed E-state index contributed by atoms with van der Waals surface area (Å²) in [5.74, 6) is -0.0778. The molecule has 0 aliphatic carbocycles. The quantitative estimate of drug-likeness (QED) is 0.503. The lowest BCUT2D eigenvalue weighted by atomic mass is 10.1. The van der Waals surface area contributed by atoms with E-state index < -0.39 is 9.84 Å². The smallest absolute Gasteiger partial charge is 0.319 e. The first-order valence-electron chi connectivity index (χ1n) is 10.9. The lowest BCUT2D eigenvalue weighted by Gasteiger charge is -2.17. The standard InChI is InChI=1S/C25H32N4O3S/c1-6-19(7-2)17(3)27-25(30)28-23-11-10-22(13-24(23)26-4)33(31,32)16-18-8-9-20-14-29(5)15-21(20)12-18/h6-13,17,26H,1,14-16H2,2-5H3,(H2,27,28,30)/b19-7+. The maximum absolute atomic E-state index is 13.1. The van der Waals surface area contributed by atoms with Gasteiger partial charge in [-0.1, -0.05) is 36.9 Å². The molecule has 0 fully saturated rings. The molecule has 1 atom stereocenters. The number of rotatable bonds is 8. The lowest BCUT2D eigenvalue weighted by Crippen LogP contribution is -2.37. The number of allylic oxidation sites excluding steroid dienone is 1. The van der Waals surface area contributed by atoms with Crippen LogP contribution >= 0.6 is 0 Å². The van der Waals surface area contributed by atoms with E-state index in [0.717, 1.165) is 24.2 Å². The van der Waals surface area contributed by atoms with Crippen molar-refractivity contribution in [3.05, 3.63) is 77.4 Å². The number of fused-ring (bicyclic) bond motifs is 1. The second kappa shape index (κ2) is 10.2. The maximum Gasteiger partial charge on any atom is 0.319 e. The van der Waals surface area contributed by atoms with Gasteiger partial charge in [-0.15, -0.1) is 0 Å². The number of benzene rings is 2. The van der Waals surface area contributed by atoms with Gasteiger partial charge in [0.05, 0.1) is 28.1 Å². The molecule has 2 amide bonds. The molecule has 2 aromatic rings. The van der Waals surface area contributed by atoms with Crippen molar-refractivity contribution >= 4 is 27.2 Å². The van der Waals surface area contributed by atoms with Gasteiger partial charge in [0.15, 0.2) is 9.84 Å². The van der Waals surface area contributed by atoms with E-state index in [1.807, 2.05) is 45.2 Å². The van der Waals surface area contributed by atoms with Crippen molar-refractivity contribution in [2.45, 2.75) is 43.6 Å². The Balaban J connectivity index is 1.75. The molecule has 0 radical (unpaired) electrons. The molecule has 0 aromatic heterocycles. The molecule has 7 nitrogen and oxygen atoms in total. The van der Waals surface area contributed by atoms with E-state index in [9.17, 15) is 13.2 Å². The van der Waals surface area contributed by atoms with E-state index in [-0.39, 0.29) is 22.7 Å². The zero-order chi connectivity index (χ0) is 24.2. The molecule has 3 N–H and O–H groups in total. The third kappa shape index (κ3) is 5.83. The molecule has 8 heteroatoms. The van der Waals surface area contributed by atoms with Crippen LogP contribution < -0.4 is 16.0 Å². The molecule has 1 unspecified atom stereocenters. The molecule has 176 valence electrons. The summed E-state index contributed by atoms with van der Waals surface area (Å²) < 4.78 is 26.2. The van der Waals surface area contributed by atoms with Crippen molar-refractivity contribution in [1.82, 2.24) is 10.2 Å². The molecule has 0 bridgehead atoms. The van der Waals surface area contributed by atoms with Crippen molar-refractivity contribution in [3.8, 4) is 0 Å². The predicted octanol–water partition coefficient (Wildman–Crippen LogP) is 4.29. The van der Waals surface area contributed by atoms with Crippen LogP contribution in [0.5, 0.6) is 0 Å². The molecule has 1 aliphatic heterocycles. The molecule has 2 aromatic carbocycles. The Morgan fingerprint density at radius 3 is 2.55 bits per heavy atom. The van der Waals surface area contributed by atoms with Crippen LogP contribution in [-0.4, -0.2) is 39.5 Å². The average molecular weight is 469 g/mol. The van der Waals surface area contributed by atoms with Gasteiger partial charge in [0, 0.05) is 20.1 Å². The summed E-state index contributed by atoms with van der Waals surface area (Å²) in [5, 5.41) is 8.60. The molecule has 3 rings (SSSR count). The van der Waals surface area contributed by atoms with Crippen LogP contribution in [0.25, 0.3) is 0 Å². The molecule has 0 saturated heterocycles. The zero-order valence-corrected chi connectivity index (χ0v) is 20.4. The van der Waals surface area contributed by atoms with Crippen molar-refractivity contribution < 1.29 is 13.2 Å². The molecule has 0 spiro atoms. The van der Waals surface area contributed by atoms with Gasteiger partial charge in [-0.25, -0.2) is 13.2 Å². The fourth-order valence-corrected chi connectivity index (χ4v) is 5.38. The topological polar surface area (TPSA) is 90.5 Å². The summed E-state index contributed by atoms with van der Waals surface area (Å²) in [4.78, 5) is 14.8. The molecule has 33 heavy (non-hydrogen) atoms. The number of urea groups is 1. The van der Waals surface area contributed by atoms with E-state index in [1.165, 1.54) is 17.2 Å². The van der Waals surface area contributed by atoms with Crippen LogP contribution in [0.1, 0.15) is 30.5 Å². The number of nitrogens with zero attached hydrogens (tertiary/aromatic N) is 1. The molecule has 1 aliphatic rings. The number of nitrogens with one attached hydrogen (secondary N) is 3.